The van der Waals surface area contributed by atoms with Gasteiger partial charge >= 0.3 is 0 Å². The summed E-state index contributed by atoms with van der Waals surface area (Å²) in [7, 11) is 0. The Bertz CT molecular complexity index is 101. The van der Waals surface area contributed by atoms with Crippen LogP contribution in [0.25, 0.3) is 0 Å². The molecule has 0 saturated heterocycles. The molecule has 0 aliphatic carbocycles. The molecule has 74 valence electrons. The van der Waals surface area contributed by atoms with Crippen molar-refractivity contribution >= 4 is 0 Å². The molecule has 2 nitrogen and oxygen atoms in total. The number of hydrogen-bond acceptors (Lipinski definition) is 2. The average molecular weight is 173 g/mol. The standard InChI is InChI=1S/C10H23NO/c1-5-7-11(8-6-2)9-10(3,4)12/h12H,5-9H2,1-4H3. The van der Waals surface area contributed by atoms with Crippen LogP contribution in [0, 0.1) is 0 Å². The monoisotopic (exact) mass is 173 g/mol. The smallest absolute Gasteiger partial charge is 0.0718 e. The van der Waals surface area contributed by atoms with Gasteiger partial charge in [-0.15, -0.1) is 0 Å². The summed E-state index contributed by atoms with van der Waals surface area (Å²) in [6.45, 7) is 11.1. The van der Waals surface area contributed by atoms with Gasteiger partial charge in [-0.05, 0) is 39.8 Å². The van der Waals surface area contributed by atoms with Crippen LogP contribution in [0.1, 0.15) is 40.5 Å². The maximum Gasteiger partial charge on any atom is 0.0718 e. The predicted octanol–water partition coefficient (Wildman–Crippen LogP) is 1.88. The van der Waals surface area contributed by atoms with Crippen molar-refractivity contribution in [3.05, 3.63) is 0 Å². The average Bonchev–Trinajstić information content (AvgIpc) is 1.84. The Balaban J connectivity index is 3.77. The van der Waals surface area contributed by atoms with Crippen molar-refractivity contribution in [2.75, 3.05) is 19.6 Å². The molecule has 0 rings (SSSR count). The zero-order valence-corrected chi connectivity index (χ0v) is 8.93. The summed E-state index contributed by atoms with van der Waals surface area (Å²) >= 11 is 0. The van der Waals surface area contributed by atoms with E-state index in [1.54, 1.807) is 0 Å². The molecule has 0 aromatic heterocycles. The first-order chi connectivity index (χ1) is 5.49. The molecule has 0 aromatic carbocycles. The molecule has 1 N–H and O–H groups in total. The third-order valence-electron chi connectivity index (χ3n) is 1.69. The van der Waals surface area contributed by atoms with Gasteiger partial charge in [0.2, 0.25) is 0 Å². The molecule has 0 heterocycles. The molecular formula is C10H23NO. The fourth-order valence-corrected chi connectivity index (χ4v) is 1.45. The summed E-state index contributed by atoms with van der Waals surface area (Å²) < 4.78 is 0. The molecule has 0 unspecified atom stereocenters. The van der Waals surface area contributed by atoms with Crippen LogP contribution in [-0.4, -0.2) is 35.2 Å². The first-order valence-electron chi connectivity index (χ1n) is 4.94. The van der Waals surface area contributed by atoms with Crippen molar-refractivity contribution in [1.82, 2.24) is 4.90 Å². The molecule has 0 bridgehead atoms. The molecule has 0 saturated carbocycles. The summed E-state index contributed by atoms with van der Waals surface area (Å²) in [5.74, 6) is 0. The van der Waals surface area contributed by atoms with Crippen molar-refractivity contribution in [3.63, 3.8) is 0 Å². The van der Waals surface area contributed by atoms with E-state index < -0.39 is 5.60 Å². The van der Waals surface area contributed by atoms with Gasteiger partial charge in [-0.1, -0.05) is 13.8 Å². The SMILES string of the molecule is CCCN(CCC)CC(C)(C)O. The molecule has 0 amide bonds. The molecule has 0 radical (unpaired) electrons. The highest BCUT2D eigenvalue weighted by Crippen LogP contribution is 2.05. The largest absolute Gasteiger partial charge is 0.389 e. The summed E-state index contributed by atoms with van der Waals surface area (Å²) in [5.41, 5.74) is -0.551. The lowest BCUT2D eigenvalue weighted by Gasteiger charge is -2.28. The van der Waals surface area contributed by atoms with E-state index in [4.69, 9.17) is 0 Å². The molecule has 0 atom stereocenters. The van der Waals surface area contributed by atoms with Crippen LogP contribution in [-0.2, 0) is 0 Å². The molecule has 0 aromatic rings. The van der Waals surface area contributed by atoms with Gasteiger partial charge in [0, 0.05) is 6.54 Å². The Morgan fingerprint density at radius 3 is 1.75 bits per heavy atom. The number of nitrogens with zero attached hydrogens (tertiary/aromatic N) is 1. The van der Waals surface area contributed by atoms with Crippen molar-refractivity contribution in [3.8, 4) is 0 Å². The van der Waals surface area contributed by atoms with Crippen LogP contribution in [0.3, 0.4) is 0 Å². The second-order valence-electron chi connectivity index (χ2n) is 4.09. The Labute approximate surface area is 76.6 Å². The highest BCUT2D eigenvalue weighted by molar-refractivity contribution is 4.71. The quantitative estimate of drug-likeness (QED) is 0.663. The van der Waals surface area contributed by atoms with Gasteiger partial charge in [0.1, 0.15) is 0 Å². The van der Waals surface area contributed by atoms with Gasteiger partial charge in [0.15, 0.2) is 0 Å². The zero-order valence-electron chi connectivity index (χ0n) is 8.93. The number of aliphatic hydroxyl groups is 1. The van der Waals surface area contributed by atoms with E-state index in [1.165, 1.54) is 0 Å². The Hall–Kier alpha value is -0.0800. The molecular weight excluding hydrogens is 150 g/mol. The lowest BCUT2D eigenvalue weighted by atomic mass is 10.1. The summed E-state index contributed by atoms with van der Waals surface area (Å²) in [4.78, 5) is 2.32. The Morgan fingerprint density at radius 1 is 1.08 bits per heavy atom. The van der Waals surface area contributed by atoms with Crippen molar-refractivity contribution in [1.29, 1.82) is 0 Å². The molecule has 2 heteroatoms. The maximum absolute atomic E-state index is 9.60. The van der Waals surface area contributed by atoms with E-state index in [0.29, 0.717) is 0 Å². The highest BCUT2D eigenvalue weighted by atomic mass is 16.3. The van der Waals surface area contributed by atoms with Crippen molar-refractivity contribution in [2.45, 2.75) is 46.1 Å². The maximum atomic E-state index is 9.60. The van der Waals surface area contributed by atoms with Crippen molar-refractivity contribution < 1.29 is 5.11 Å². The normalized spacial score (nSPS) is 12.5. The third-order valence-corrected chi connectivity index (χ3v) is 1.69. The van der Waals surface area contributed by atoms with Crippen LogP contribution in [0.4, 0.5) is 0 Å². The first kappa shape index (κ1) is 11.9. The second-order valence-corrected chi connectivity index (χ2v) is 4.09. The summed E-state index contributed by atoms with van der Waals surface area (Å²) in [5, 5.41) is 9.60. The minimum Gasteiger partial charge on any atom is -0.389 e. The molecule has 0 aliphatic rings. The van der Waals surface area contributed by atoms with Crippen molar-refractivity contribution in [2.24, 2.45) is 0 Å². The molecule has 0 spiro atoms. The Morgan fingerprint density at radius 2 is 1.50 bits per heavy atom. The van der Waals surface area contributed by atoms with Crippen LogP contribution in [0.2, 0.25) is 0 Å². The lowest BCUT2D eigenvalue weighted by molar-refractivity contribution is 0.0362. The second kappa shape index (κ2) is 5.55. The van der Waals surface area contributed by atoms with Gasteiger partial charge in [-0.2, -0.15) is 0 Å². The molecule has 12 heavy (non-hydrogen) atoms. The third kappa shape index (κ3) is 6.62. The highest BCUT2D eigenvalue weighted by Gasteiger charge is 2.16. The predicted molar refractivity (Wildman–Crippen MR) is 53.3 cm³/mol. The number of rotatable bonds is 6. The Kier molecular flexibility index (Phi) is 5.51. The zero-order chi connectivity index (χ0) is 9.61. The van der Waals surface area contributed by atoms with E-state index in [-0.39, 0.29) is 0 Å². The molecule has 0 fully saturated rings. The van der Waals surface area contributed by atoms with Crippen LogP contribution in [0.5, 0.6) is 0 Å². The van der Waals surface area contributed by atoms with Crippen LogP contribution >= 0.6 is 0 Å². The van der Waals surface area contributed by atoms with Gasteiger partial charge in [0.05, 0.1) is 5.60 Å². The van der Waals surface area contributed by atoms with E-state index >= 15 is 0 Å². The fraction of sp³-hybridized carbons (Fsp3) is 1.00. The van der Waals surface area contributed by atoms with E-state index in [1.807, 2.05) is 13.8 Å². The minimum absolute atomic E-state index is 0.551. The minimum atomic E-state index is -0.551. The summed E-state index contributed by atoms with van der Waals surface area (Å²) in [6, 6.07) is 0. The molecule has 0 aliphatic heterocycles. The summed E-state index contributed by atoms with van der Waals surface area (Å²) in [6.07, 6.45) is 2.33. The van der Waals surface area contributed by atoms with E-state index in [2.05, 4.69) is 18.7 Å². The van der Waals surface area contributed by atoms with Crippen LogP contribution < -0.4 is 0 Å². The lowest BCUT2D eigenvalue weighted by Crippen LogP contribution is -2.39. The van der Waals surface area contributed by atoms with E-state index in [9.17, 15) is 5.11 Å². The number of hydrogen-bond donors (Lipinski definition) is 1. The van der Waals surface area contributed by atoms with Gasteiger partial charge in [-0.3, -0.25) is 0 Å². The van der Waals surface area contributed by atoms with Crippen LogP contribution in [0.15, 0.2) is 0 Å². The van der Waals surface area contributed by atoms with Gasteiger partial charge in [0.25, 0.3) is 0 Å². The fourth-order valence-electron chi connectivity index (χ4n) is 1.45. The van der Waals surface area contributed by atoms with Gasteiger partial charge < -0.3 is 10.0 Å². The first-order valence-corrected chi connectivity index (χ1v) is 4.94. The van der Waals surface area contributed by atoms with E-state index in [0.717, 1.165) is 32.5 Å². The topological polar surface area (TPSA) is 23.5 Å². The van der Waals surface area contributed by atoms with Gasteiger partial charge in [-0.25, -0.2) is 0 Å².